The number of halogens is 1. The van der Waals surface area contributed by atoms with Gasteiger partial charge in [0, 0.05) is 16.7 Å². The smallest absolute Gasteiger partial charge is 0.268 e. The van der Waals surface area contributed by atoms with Crippen molar-refractivity contribution in [2.45, 2.75) is 24.9 Å². The number of benzene rings is 1. The van der Waals surface area contributed by atoms with Crippen LogP contribution in [0.15, 0.2) is 47.1 Å². The molecule has 1 fully saturated rings. The average Bonchev–Trinajstić information content (AvgIpc) is 3.28. The number of aromatic nitrogens is 1. The molecule has 1 heterocycles. The van der Waals surface area contributed by atoms with Crippen molar-refractivity contribution in [1.29, 1.82) is 0 Å². The van der Waals surface area contributed by atoms with Gasteiger partial charge in [-0.1, -0.05) is 30.3 Å². The molecule has 1 aromatic heterocycles. The number of hydrogen-bond acceptors (Lipinski definition) is 2. The van der Waals surface area contributed by atoms with Gasteiger partial charge in [0.05, 0.1) is 12.6 Å². The van der Waals surface area contributed by atoms with E-state index in [0.717, 1.165) is 22.9 Å². The van der Waals surface area contributed by atoms with Crippen LogP contribution in [0.25, 0.3) is 0 Å². The number of nitrogens with zero attached hydrogens (tertiary/aromatic N) is 1. The lowest BCUT2D eigenvalue weighted by atomic mass is 10.1. The molecule has 1 aliphatic carbocycles. The molecule has 0 spiro atoms. The third-order valence-electron chi connectivity index (χ3n) is 3.68. The number of aliphatic hydroxyl groups is 1. The molecule has 0 saturated heterocycles. The zero-order chi connectivity index (χ0) is 14.8. The fourth-order valence-corrected chi connectivity index (χ4v) is 2.87. The second-order valence-corrected chi connectivity index (χ2v) is 6.22. The summed E-state index contributed by atoms with van der Waals surface area (Å²) in [4.78, 5) is 12.5. The van der Waals surface area contributed by atoms with Gasteiger partial charge in [0.2, 0.25) is 0 Å². The molecule has 0 aliphatic heterocycles. The average molecular weight is 349 g/mol. The minimum absolute atomic E-state index is 0.124. The van der Waals surface area contributed by atoms with Crippen LogP contribution in [-0.4, -0.2) is 22.2 Å². The third-order valence-corrected chi connectivity index (χ3v) is 4.11. The van der Waals surface area contributed by atoms with Crippen LogP contribution in [0.5, 0.6) is 0 Å². The van der Waals surface area contributed by atoms with Crippen molar-refractivity contribution >= 4 is 21.8 Å². The van der Waals surface area contributed by atoms with E-state index in [1.165, 1.54) is 0 Å². The van der Waals surface area contributed by atoms with Gasteiger partial charge in [0.1, 0.15) is 5.69 Å². The highest BCUT2D eigenvalue weighted by atomic mass is 79.9. The predicted molar refractivity (Wildman–Crippen MR) is 84.1 cm³/mol. The van der Waals surface area contributed by atoms with E-state index in [4.69, 9.17) is 0 Å². The first kappa shape index (κ1) is 14.4. The molecule has 1 atom stereocenters. The van der Waals surface area contributed by atoms with Gasteiger partial charge in [0.25, 0.3) is 5.91 Å². The molecule has 1 unspecified atom stereocenters. The standard InChI is InChI=1S/C16H17BrN2O2/c17-12-8-15(19(9-12)13-6-7-13)16(21)18-14(10-20)11-4-2-1-3-5-11/h1-5,8-9,13-14,20H,6-7,10H2,(H,18,21). The van der Waals surface area contributed by atoms with E-state index in [2.05, 4.69) is 21.2 Å². The van der Waals surface area contributed by atoms with Crippen LogP contribution in [0.4, 0.5) is 0 Å². The number of aliphatic hydroxyl groups excluding tert-OH is 1. The molecular weight excluding hydrogens is 332 g/mol. The van der Waals surface area contributed by atoms with E-state index in [9.17, 15) is 9.90 Å². The van der Waals surface area contributed by atoms with Crippen molar-refractivity contribution < 1.29 is 9.90 Å². The number of rotatable bonds is 5. The summed E-state index contributed by atoms with van der Waals surface area (Å²) in [5.41, 5.74) is 1.54. The number of carbonyl (C=O) groups excluding carboxylic acids is 1. The summed E-state index contributed by atoms with van der Waals surface area (Å²) in [7, 11) is 0. The second-order valence-electron chi connectivity index (χ2n) is 5.30. The Balaban J connectivity index is 1.79. The summed E-state index contributed by atoms with van der Waals surface area (Å²) in [6.45, 7) is -0.124. The lowest BCUT2D eigenvalue weighted by Crippen LogP contribution is -2.32. The van der Waals surface area contributed by atoms with E-state index < -0.39 is 0 Å². The molecule has 110 valence electrons. The van der Waals surface area contributed by atoms with Crippen molar-refractivity contribution in [1.82, 2.24) is 9.88 Å². The molecule has 0 radical (unpaired) electrons. The number of carbonyl (C=O) groups is 1. The van der Waals surface area contributed by atoms with Gasteiger partial charge in [-0.15, -0.1) is 0 Å². The van der Waals surface area contributed by atoms with Crippen molar-refractivity contribution in [2.24, 2.45) is 0 Å². The molecule has 4 nitrogen and oxygen atoms in total. The summed E-state index contributed by atoms with van der Waals surface area (Å²) in [6, 6.07) is 11.4. The first-order valence-corrected chi connectivity index (χ1v) is 7.82. The Kier molecular flexibility index (Phi) is 4.12. The van der Waals surface area contributed by atoms with Crippen LogP contribution < -0.4 is 5.32 Å². The first-order chi connectivity index (χ1) is 10.2. The Hall–Kier alpha value is -1.59. The second kappa shape index (κ2) is 6.03. The fourth-order valence-electron chi connectivity index (χ4n) is 2.43. The van der Waals surface area contributed by atoms with Crippen LogP contribution in [0.2, 0.25) is 0 Å². The summed E-state index contributed by atoms with van der Waals surface area (Å²) in [5, 5.41) is 12.4. The van der Waals surface area contributed by atoms with Crippen LogP contribution in [0.3, 0.4) is 0 Å². The van der Waals surface area contributed by atoms with Crippen LogP contribution >= 0.6 is 15.9 Å². The zero-order valence-corrected chi connectivity index (χ0v) is 13.1. The topological polar surface area (TPSA) is 54.3 Å². The molecule has 0 bridgehead atoms. The monoisotopic (exact) mass is 348 g/mol. The van der Waals surface area contributed by atoms with Crippen LogP contribution in [0, 0.1) is 0 Å². The van der Waals surface area contributed by atoms with Gasteiger partial charge in [-0.05, 0) is 40.4 Å². The molecule has 1 amide bonds. The Morgan fingerprint density at radius 1 is 1.38 bits per heavy atom. The highest BCUT2D eigenvalue weighted by molar-refractivity contribution is 9.10. The SMILES string of the molecule is O=C(NC(CO)c1ccccc1)c1cc(Br)cn1C1CC1. The van der Waals surface area contributed by atoms with E-state index in [-0.39, 0.29) is 18.6 Å². The van der Waals surface area contributed by atoms with Crippen molar-refractivity contribution in [2.75, 3.05) is 6.61 Å². The van der Waals surface area contributed by atoms with Gasteiger partial charge in [0.15, 0.2) is 0 Å². The van der Waals surface area contributed by atoms with E-state index in [0.29, 0.717) is 11.7 Å². The van der Waals surface area contributed by atoms with Crippen LogP contribution in [-0.2, 0) is 0 Å². The maximum absolute atomic E-state index is 12.5. The minimum atomic E-state index is -0.389. The molecule has 2 aromatic rings. The molecule has 1 aromatic carbocycles. The van der Waals surface area contributed by atoms with E-state index >= 15 is 0 Å². The number of nitrogens with one attached hydrogen (secondary N) is 1. The first-order valence-electron chi connectivity index (χ1n) is 7.03. The molecule has 3 rings (SSSR count). The van der Waals surface area contributed by atoms with Crippen LogP contribution in [0.1, 0.15) is 41.0 Å². The van der Waals surface area contributed by atoms with Gasteiger partial charge in [-0.3, -0.25) is 4.79 Å². The molecule has 1 saturated carbocycles. The Morgan fingerprint density at radius 2 is 2.10 bits per heavy atom. The molecule has 1 aliphatic rings. The lowest BCUT2D eigenvalue weighted by Gasteiger charge is -2.17. The maximum Gasteiger partial charge on any atom is 0.268 e. The summed E-state index contributed by atoms with van der Waals surface area (Å²) >= 11 is 3.43. The Labute approximate surface area is 131 Å². The molecule has 21 heavy (non-hydrogen) atoms. The molecule has 2 N–H and O–H groups in total. The normalized spacial score (nSPS) is 15.7. The Bertz CT molecular complexity index is 635. The number of hydrogen-bond donors (Lipinski definition) is 2. The van der Waals surface area contributed by atoms with Gasteiger partial charge < -0.3 is 15.0 Å². The van der Waals surface area contributed by atoms with Crippen molar-refractivity contribution in [3.05, 3.63) is 58.3 Å². The predicted octanol–water partition coefficient (Wildman–Crippen LogP) is 3.05. The largest absolute Gasteiger partial charge is 0.394 e. The molecule has 5 heteroatoms. The quantitative estimate of drug-likeness (QED) is 0.872. The van der Waals surface area contributed by atoms with E-state index in [1.807, 2.05) is 47.2 Å². The minimum Gasteiger partial charge on any atom is -0.394 e. The van der Waals surface area contributed by atoms with Gasteiger partial charge in [-0.2, -0.15) is 0 Å². The highest BCUT2D eigenvalue weighted by Gasteiger charge is 2.28. The highest BCUT2D eigenvalue weighted by Crippen LogP contribution is 2.37. The fraction of sp³-hybridized carbons (Fsp3) is 0.312. The summed E-state index contributed by atoms with van der Waals surface area (Å²) in [6.07, 6.45) is 4.18. The summed E-state index contributed by atoms with van der Waals surface area (Å²) < 4.78 is 2.92. The van der Waals surface area contributed by atoms with E-state index in [1.54, 1.807) is 0 Å². The maximum atomic E-state index is 12.5. The van der Waals surface area contributed by atoms with Crippen molar-refractivity contribution in [3.8, 4) is 0 Å². The lowest BCUT2D eigenvalue weighted by molar-refractivity contribution is 0.0906. The van der Waals surface area contributed by atoms with Gasteiger partial charge >= 0.3 is 0 Å². The molecular formula is C16H17BrN2O2. The Morgan fingerprint density at radius 3 is 2.71 bits per heavy atom. The van der Waals surface area contributed by atoms with Crippen molar-refractivity contribution in [3.63, 3.8) is 0 Å². The zero-order valence-electron chi connectivity index (χ0n) is 11.5. The van der Waals surface area contributed by atoms with Gasteiger partial charge in [-0.25, -0.2) is 0 Å². The number of amides is 1. The summed E-state index contributed by atoms with van der Waals surface area (Å²) in [5.74, 6) is -0.157. The third kappa shape index (κ3) is 3.19.